The first-order valence-corrected chi connectivity index (χ1v) is 11.0. The van der Waals surface area contributed by atoms with Crippen LogP contribution in [0, 0.1) is 0 Å². The molecule has 0 saturated carbocycles. The van der Waals surface area contributed by atoms with Gasteiger partial charge in [-0.1, -0.05) is 6.07 Å². The van der Waals surface area contributed by atoms with E-state index >= 15 is 0 Å². The Morgan fingerprint density at radius 3 is 2.48 bits per heavy atom. The molecule has 0 bridgehead atoms. The number of carbonyl (C=O) groups excluding carboxylic acids is 1. The van der Waals surface area contributed by atoms with Crippen molar-refractivity contribution in [2.75, 3.05) is 52.3 Å². The van der Waals surface area contributed by atoms with Crippen LogP contribution in [0.5, 0.6) is 28.7 Å². The SMILES string of the molecule is COc1cc(NC(=O)N2CCSC(c3ccc4c(c3)OCO4)CC2)cc(OC)c1OC. The molecule has 2 aromatic rings. The van der Waals surface area contributed by atoms with Crippen LogP contribution in [0.3, 0.4) is 0 Å². The van der Waals surface area contributed by atoms with Gasteiger partial charge in [-0.15, -0.1) is 0 Å². The quantitative estimate of drug-likeness (QED) is 0.739. The number of benzene rings is 2. The molecule has 2 aliphatic rings. The van der Waals surface area contributed by atoms with E-state index in [1.165, 1.54) is 5.56 Å². The summed E-state index contributed by atoms with van der Waals surface area (Å²) in [6.07, 6.45) is 0.854. The third kappa shape index (κ3) is 4.56. The van der Waals surface area contributed by atoms with Gasteiger partial charge >= 0.3 is 6.03 Å². The Labute approximate surface area is 185 Å². The monoisotopic (exact) mass is 446 g/mol. The predicted molar refractivity (Wildman–Crippen MR) is 119 cm³/mol. The number of ether oxygens (including phenoxy) is 5. The van der Waals surface area contributed by atoms with Crippen molar-refractivity contribution in [1.82, 2.24) is 4.90 Å². The lowest BCUT2D eigenvalue weighted by molar-refractivity contribution is 0.174. The summed E-state index contributed by atoms with van der Waals surface area (Å²) in [6.45, 7) is 1.59. The minimum Gasteiger partial charge on any atom is -0.493 e. The summed E-state index contributed by atoms with van der Waals surface area (Å²) in [4.78, 5) is 14.8. The Hall–Kier alpha value is -2.94. The van der Waals surface area contributed by atoms with Gasteiger partial charge in [0.25, 0.3) is 0 Å². The van der Waals surface area contributed by atoms with E-state index in [-0.39, 0.29) is 12.8 Å². The summed E-state index contributed by atoms with van der Waals surface area (Å²) in [5.74, 6) is 3.90. The number of methoxy groups -OCH3 is 3. The second-order valence-electron chi connectivity index (χ2n) is 7.09. The van der Waals surface area contributed by atoms with Crippen molar-refractivity contribution in [2.45, 2.75) is 11.7 Å². The highest BCUT2D eigenvalue weighted by molar-refractivity contribution is 7.99. The number of nitrogens with zero attached hydrogens (tertiary/aromatic N) is 1. The van der Waals surface area contributed by atoms with Crippen LogP contribution in [0.25, 0.3) is 0 Å². The average Bonchev–Trinajstić information content (AvgIpc) is 3.12. The molecule has 1 N–H and O–H groups in total. The normalized spacial score (nSPS) is 17.6. The van der Waals surface area contributed by atoms with E-state index in [1.807, 2.05) is 28.8 Å². The molecule has 1 atom stereocenters. The van der Waals surface area contributed by atoms with Crippen molar-refractivity contribution in [1.29, 1.82) is 0 Å². The van der Waals surface area contributed by atoms with E-state index in [9.17, 15) is 4.79 Å². The summed E-state index contributed by atoms with van der Waals surface area (Å²) >= 11 is 1.85. The molecule has 9 heteroatoms. The van der Waals surface area contributed by atoms with Crippen LogP contribution in [0.15, 0.2) is 30.3 Å². The fourth-order valence-electron chi connectivity index (χ4n) is 3.71. The Morgan fingerprint density at radius 1 is 1.03 bits per heavy atom. The zero-order valence-electron chi connectivity index (χ0n) is 17.8. The minimum absolute atomic E-state index is 0.152. The van der Waals surface area contributed by atoms with E-state index in [1.54, 1.807) is 33.5 Å². The minimum atomic E-state index is -0.152. The molecule has 2 heterocycles. The number of nitrogens with one attached hydrogen (secondary N) is 1. The van der Waals surface area contributed by atoms with Gasteiger partial charge in [0.15, 0.2) is 23.0 Å². The van der Waals surface area contributed by atoms with Crippen molar-refractivity contribution in [3.05, 3.63) is 35.9 Å². The number of fused-ring (bicyclic) bond motifs is 1. The highest BCUT2D eigenvalue weighted by Crippen LogP contribution is 2.41. The molecule has 31 heavy (non-hydrogen) atoms. The summed E-state index contributed by atoms with van der Waals surface area (Å²) in [7, 11) is 4.64. The molecular formula is C22H26N2O6S. The molecule has 8 nitrogen and oxygen atoms in total. The highest BCUT2D eigenvalue weighted by atomic mass is 32.2. The van der Waals surface area contributed by atoms with Crippen molar-refractivity contribution in [3.63, 3.8) is 0 Å². The average molecular weight is 447 g/mol. The van der Waals surface area contributed by atoms with Gasteiger partial charge in [-0.3, -0.25) is 0 Å². The number of urea groups is 1. The Bertz CT molecular complexity index is 929. The molecule has 0 aliphatic carbocycles. The van der Waals surface area contributed by atoms with Crippen LogP contribution in [-0.2, 0) is 0 Å². The number of hydrogen-bond donors (Lipinski definition) is 1. The Balaban J connectivity index is 1.42. The maximum atomic E-state index is 12.9. The number of carbonyl (C=O) groups is 1. The van der Waals surface area contributed by atoms with Crippen LogP contribution in [-0.4, -0.2) is 57.9 Å². The summed E-state index contributed by atoms with van der Waals surface area (Å²) in [5, 5.41) is 3.25. The topological polar surface area (TPSA) is 78.5 Å². The molecule has 4 rings (SSSR count). The standard InChI is InChI=1S/C22H26N2O6S/c1-26-18-11-15(12-19(27-2)21(18)28-3)23-22(25)24-7-6-20(31-9-8-24)14-4-5-16-17(10-14)30-13-29-16/h4-5,10-12,20H,6-9,13H2,1-3H3,(H,23,25). The van der Waals surface area contributed by atoms with Crippen molar-refractivity contribution < 1.29 is 28.5 Å². The molecule has 166 valence electrons. The molecule has 0 aromatic heterocycles. The Morgan fingerprint density at radius 2 is 1.77 bits per heavy atom. The largest absolute Gasteiger partial charge is 0.493 e. The summed E-state index contributed by atoms with van der Waals surface area (Å²) < 4.78 is 27.0. The van der Waals surface area contributed by atoms with E-state index < -0.39 is 0 Å². The van der Waals surface area contributed by atoms with Gasteiger partial charge in [-0.2, -0.15) is 11.8 Å². The first kappa shape index (κ1) is 21.3. The zero-order chi connectivity index (χ0) is 21.8. The second kappa shape index (κ2) is 9.47. The lowest BCUT2D eigenvalue weighted by atomic mass is 10.1. The van der Waals surface area contributed by atoms with Crippen molar-refractivity contribution in [2.24, 2.45) is 0 Å². The molecule has 0 spiro atoms. The van der Waals surface area contributed by atoms with Crippen LogP contribution in [0.1, 0.15) is 17.2 Å². The number of rotatable bonds is 5. The predicted octanol–water partition coefficient (Wildman–Crippen LogP) is 4.15. The Kier molecular flexibility index (Phi) is 6.50. The molecule has 1 unspecified atom stereocenters. The summed E-state index contributed by atoms with van der Waals surface area (Å²) in [5.41, 5.74) is 1.78. The smallest absolute Gasteiger partial charge is 0.321 e. The number of amides is 2. The lowest BCUT2D eigenvalue weighted by Crippen LogP contribution is -2.36. The molecule has 0 radical (unpaired) electrons. The zero-order valence-corrected chi connectivity index (χ0v) is 18.6. The van der Waals surface area contributed by atoms with Crippen molar-refractivity contribution in [3.8, 4) is 28.7 Å². The van der Waals surface area contributed by atoms with Gasteiger partial charge in [0.2, 0.25) is 12.5 Å². The van der Waals surface area contributed by atoms with Crippen LogP contribution in [0.2, 0.25) is 0 Å². The fourth-order valence-corrected chi connectivity index (χ4v) is 4.93. The fraction of sp³-hybridized carbons (Fsp3) is 0.409. The van der Waals surface area contributed by atoms with Gasteiger partial charge < -0.3 is 33.9 Å². The summed E-state index contributed by atoms with van der Waals surface area (Å²) in [6, 6.07) is 9.38. The van der Waals surface area contributed by atoms with Gasteiger partial charge in [0, 0.05) is 36.2 Å². The van der Waals surface area contributed by atoms with Crippen LogP contribution >= 0.6 is 11.8 Å². The van der Waals surface area contributed by atoms with Gasteiger partial charge in [-0.05, 0) is 24.1 Å². The number of anilines is 1. The van der Waals surface area contributed by atoms with E-state index in [2.05, 4.69) is 11.4 Å². The first-order valence-electron chi connectivity index (χ1n) is 10.00. The van der Waals surface area contributed by atoms with Gasteiger partial charge in [-0.25, -0.2) is 4.79 Å². The molecular weight excluding hydrogens is 420 g/mol. The number of thioether (sulfide) groups is 1. The van der Waals surface area contributed by atoms with Crippen molar-refractivity contribution >= 4 is 23.5 Å². The molecule has 2 aliphatic heterocycles. The third-order valence-corrected chi connectivity index (χ3v) is 6.64. The molecule has 1 fully saturated rings. The van der Waals surface area contributed by atoms with E-state index in [0.29, 0.717) is 41.3 Å². The van der Waals surface area contributed by atoms with Gasteiger partial charge in [0.05, 0.1) is 27.0 Å². The number of hydrogen-bond acceptors (Lipinski definition) is 7. The highest BCUT2D eigenvalue weighted by Gasteiger charge is 2.24. The molecule has 2 amide bonds. The maximum Gasteiger partial charge on any atom is 0.321 e. The third-order valence-electron chi connectivity index (χ3n) is 5.31. The van der Waals surface area contributed by atoms with Crippen LogP contribution in [0.4, 0.5) is 10.5 Å². The molecule has 1 saturated heterocycles. The van der Waals surface area contributed by atoms with Crippen LogP contribution < -0.4 is 29.0 Å². The lowest BCUT2D eigenvalue weighted by Gasteiger charge is -2.22. The maximum absolute atomic E-state index is 12.9. The second-order valence-corrected chi connectivity index (χ2v) is 8.40. The van der Waals surface area contributed by atoms with E-state index in [4.69, 9.17) is 23.7 Å². The van der Waals surface area contributed by atoms with E-state index in [0.717, 1.165) is 23.7 Å². The first-order chi connectivity index (χ1) is 15.1. The molecule has 2 aromatic carbocycles. The van der Waals surface area contributed by atoms with Gasteiger partial charge in [0.1, 0.15) is 0 Å².